The van der Waals surface area contributed by atoms with E-state index in [1.807, 2.05) is 0 Å². The van der Waals surface area contributed by atoms with Crippen molar-refractivity contribution in [1.29, 1.82) is 0 Å². The summed E-state index contributed by atoms with van der Waals surface area (Å²) in [6.45, 7) is 5.00. The van der Waals surface area contributed by atoms with Crippen LogP contribution in [-0.2, 0) is 14.3 Å². The van der Waals surface area contributed by atoms with Gasteiger partial charge in [-0.05, 0) is 54.9 Å². The largest absolute Gasteiger partial charge is 0.467 e. The number of carbonyl (C=O) groups excluding carboxylic acids is 3. The quantitative estimate of drug-likeness (QED) is 0.698. The van der Waals surface area contributed by atoms with Gasteiger partial charge in [0.25, 0.3) is 5.91 Å². The molecular weight excluding hydrogens is 428 g/mol. The van der Waals surface area contributed by atoms with E-state index in [1.54, 1.807) is 32.9 Å². The van der Waals surface area contributed by atoms with E-state index in [4.69, 9.17) is 21.1 Å². The van der Waals surface area contributed by atoms with Crippen molar-refractivity contribution in [3.05, 3.63) is 33.3 Å². The van der Waals surface area contributed by atoms with E-state index < -0.39 is 23.7 Å². The van der Waals surface area contributed by atoms with Gasteiger partial charge in [-0.1, -0.05) is 11.6 Å². The molecule has 7 nitrogen and oxygen atoms in total. The van der Waals surface area contributed by atoms with Crippen LogP contribution in [0, 0.1) is 0 Å². The number of nitrogens with one attached hydrogen (secondary N) is 1. The molecule has 26 heavy (non-hydrogen) atoms. The molecule has 1 unspecified atom stereocenters. The number of carbonyl (C=O) groups is 3. The van der Waals surface area contributed by atoms with Gasteiger partial charge in [0.15, 0.2) is 0 Å². The van der Waals surface area contributed by atoms with Crippen LogP contribution in [-0.4, -0.2) is 55.2 Å². The molecule has 1 aromatic carbocycles. The van der Waals surface area contributed by atoms with E-state index >= 15 is 0 Å². The third kappa shape index (κ3) is 6.84. The normalized spacial score (nSPS) is 12.1. The summed E-state index contributed by atoms with van der Waals surface area (Å²) in [5, 5.41) is 2.81. The number of hydrogen-bond donors (Lipinski definition) is 1. The first-order valence-corrected chi connectivity index (χ1v) is 8.89. The molecule has 1 N–H and O–H groups in total. The third-order valence-electron chi connectivity index (χ3n) is 3.15. The van der Waals surface area contributed by atoms with Gasteiger partial charge in [-0.15, -0.1) is 0 Å². The number of methoxy groups -OCH3 is 1. The molecule has 9 heteroatoms. The van der Waals surface area contributed by atoms with Crippen molar-refractivity contribution >= 4 is 45.5 Å². The Kier molecular flexibility index (Phi) is 7.89. The Morgan fingerprint density at radius 1 is 1.31 bits per heavy atom. The molecule has 1 aromatic rings. The predicted molar refractivity (Wildman–Crippen MR) is 101 cm³/mol. The average molecular weight is 450 g/mol. The predicted octanol–water partition coefficient (Wildman–Crippen LogP) is 3.24. The summed E-state index contributed by atoms with van der Waals surface area (Å²) in [5.41, 5.74) is -0.373. The molecule has 0 aromatic heterocycles. The van der Waals surface area contributed by atoms with E-state index in [0.29, 0.717) is 15.1 Å². The second-order valence-corrected chi connectivity index (χ2v) is 7.80. The van der Waals surface area contributed by atoms with E-state index in [0.717, 1.165) is 0 Å². The van der Waals surface area contributed by atoms with Crippen molar-refractivity contribution in [3.8, 4) is 0 Å². The molecule has 0 fully saturated rings. The van der Waals surface area contributed by atoms with Crippen molar-refractivity contribution < 1.29 is 23.9 Å². The van der Waals surface area contributed by atoms with Gasteiger partial charge < -0.3 is 19.7 Å². The Labute approximate surface area is 166 Å². The van der Waals surface area contributed by atoms with Crippen LogP contribution in [0.4, 0.5) is 4.79 Å². The number of ether oxygens (including phenoxy) is 2. The molecule has 0 saturated heterocycles. The maximum Gasteiger partial charge on any atom is 0.408 e. The Hall–Kier alpha value is -1.80. The van der Waals surface area contributed by atoms with Crippen LogP contribution < -0.4 is 5.32 Å². The monoisotopic (exact) mass is 448 g/mol. The molecule has 0 radical (unpaired) electrons. The zero-order valence-corrected chi connectivity index (χ0v) is 17.6. The van der Waals surface area contributed by atoms with Crippen molar-refractivity contribution in [3.63, 3.8) is 0 Å². The van der Waals surface area contributed by atoms with Crippen molar-refractivity contribution in [2.75, 3.05) is 20.7 Å². The molecule has 1 atom stereocenters. The number of likely N-dealkylation sites (N-methyl/N-ethyl adjacent to an activating group) is 1. The molecule has 0 saturated carbocycles. The number of amides is 2. The van der Waals surface area contributed by atoms with Gasteiger partial charge >= 0.3 is 12.1 Å². The van der Waals surface area contributed by atoms with Gasteiger partial charge in [-0.25, -0.2) is 9.59 Å². The number of hydrogen-bond acceptors (Lipinski definition) is 5. The highest BCUT2D eigenvalue weighted by Gasteiger charge is 2.28. The lowest BCUT2D eigenvalue weighted by atomic mass is 10.2. The fourth-order valence-corrected chi connectivity index (χ4v) is 2.40. The van der Waals surface area contributed by atoms with Gasteiger partial charge in [0.05, 0.1) is 18.7 Å². The summed E-state index contributed by atoms with van der Waals surface area (Å²) < 4.78 is 10.5. The minimum Gasteiger partial charge on any atom is -0.467 e. The molecular formula is C17H22BrClN2O5. The van der Waals surface area contributed by atoms with Crippen LogP contribution in [0.2, 0.25) is 5.02 Å². The van der Waals surface area contributed by atoms with Gasteiger partial charge in [0, 0.05) is 17.1 Å². The molecule has 0 bridgehead atoms. The number of halogens is 2. The number of nitrogens with zero attached hydrogens (tertiary/aromatic N) is 1. The highest BCUT2D eigenvalue weighted by molar-refractivity contribution is 9.10. The van der Waals surface area contributed by atoms with E-state index in [-0.39, 0.29) is 12.5 Å². The minimum absolute atomic E-state index is 0.0988. The summed E-state index contributed by atoms with van der Waals surface area (Å²) in [6, 6.07) is 3.69. The van der Waals surface area contributed by atoms with Gasteiger partial charge in [-0.3, -0.25) is 4.79 Å². The summed E-state index contributed by atoms with van der Waals surface area (Å²) in [6.07, 6.45) is -0.777. The fourth-order valence-electron chi connectivity index (χ4n) is 1.98. The highest BCUT2D eigenvalue weighted by Crippen LogP contribution is 2.23. The molecule has 0 aliphatic carbocycles. The molecule has 0 aliphatic heterocycles. The average Bonchev–Trinajstić information content (AvgIpc) is 2.53. The molecule has 0 heterocycles. The molecule has 0 spiro atoms. The Bertz CT molecular complexity index is 690. The Morgan fingerprint density at radius 3 is 2.42 bits per heavy atom. The van der Waals surface area contributed by atoms with Crippen LogP contribution in [0.15, 0.2) is 22.7 Å². The lowest BCUT2D eigenvalue weighted by molar-refractivity contribution is -0.143. The molecule has 0 aliphatic rings. The first kappa shape index (κ1) is 22.2. The van der Waals surface area contributed by atoms with Crippen LogP contribution in [0.3, 0.4) is 0 Å². The third-order valence-corrected chi connectivity index (χ3v) is 4.38. The van der Waals surface area contributed by atoms with E-state index in [2.05, 4.69) is 21.2 Å². The summed E-state index contributed by atoms with van der Waals surface area (Å²) in [4.78, 5) is 37.7. The van der Waals surface area contributed by atoms with Crippen molar-refractivity contribution in [2.45, 2.75) is 32.4 Å². The minimum atomic E-state index is -1.07. The van der Waals surface area contributed by atoms with Crippen LogP contribution in [0.1, 0.15) is 31.1 Å². The molecule has 144 valence electrons. The van der Waals surface area contributed by atoms with Crippen molar-refractivity contribution in [2.24, 2.45) is 0 Å². The van der Waals surface area contributed by atoms with Gasteiger partial charge in [-0.2, -0.15) is 0 Å². The molecule has 2 amide bonds. The maximum absolute atomic E-state index is 12.5. The highest BCUT2D eigenvalue weighted by atomic mass is 79.9. The summed E-state index contributed by atoms with van der Waals surface area (Å²) in [7, 11) is 2.70. The molecule has 1 rings (SSSR count). The van der Waals surface area contributed by atoms with Crippen LogP contribution in [0.5, 0.6) is 0 Å². The number of benzene rings is 1. The lowest BCUT2D eigenvalue weighted by Crippen LogP contribution is -2.50. The first-order chi connectivity index (χ1) is 11.9. The first-order valence-electron chi connectivity index (χ1n) is 7.72. The Balaban J connectivity index is 2.86. The summed E-state index contributed by atoms with van der Waals surface area (Å²) >= 11 is 9.26. The van der Waals surface area contributed by atoms with Gasteiger partial charge in [0.2, 0.25) is 0 Å². The van der Waals surface area contributed by atoms with Gasteiger partial charge in [0.1, 0.15) is 11.6 Å². The topological polar surface area (TPSA) is 84.9 Å². The smallest absolute Gasteiger partial charge is 0.408 e. The van der Waals surface area contributed by atoms with Crippen LogP contribution >= 0.6 is 27.5 Å². The second kappa shape index (κ2) is 9.23. The standard InChI is InChI=1S/C17H22BrClN2O5/c1-17(2,3)26-16(24)20-13(15(23)25-5)9-21(4)14(22)10-6-7-11(18)12(19)8-10/h6-8,13H,9H2,1-5H3,(H,20,24). The number of esters is 1. The van der Waals surface area contributed by atoms with E-state index in [9.17, 15) is 14.4 Å². The number of alkyl carbamates (subject to hydrolysis) is 1. The lowest BCUT2D eigenvalue weighted by Gasteiger charge is -2.25. The number of rotatable bonds is 5. The van der Waals surface area contributed by atoms with Crippen LogP contribution in [0.25, 0.3) is 0 Å². The van der Waals surface area contributed by atoms with E-state index in [1.165, 1.54) is 25.1 Å². The SMILES string of the molecule is COC(=O)C(CN(C)C(=O)c1ccc(Br)c(Cl)c1)NC(=O)OC(C)(C)C. The second-order valence-electron chi connectivity index (χ2n) is 6.54. The Morgan fingerprint density at radius 2 is 1.92 bits per heavy atom. The zero-order valence-electron chi connectivity index (χ0n) is 15.3. The zero-order chi connectivity index (χ0) is 20.1. The maximum atomic E-state index is 12.5. The summed E-state index contributed by atoms with van der Waals surface area (Å²) in [5.74, 6) is -1.05. The fraction of sp³-hybridized carbons (Fsp3) is 0.471. The van der Waals surface area contributed by atoms with Crippen molar-refractivity contribution in [1.82, 2.24) is 10.2 Å².